The molecular weight excluding hydrogens is 1260 g/mol. The normalized spacial score (nSPS) is 23.5. The Labute approximate surface area is 559 Å². The number of nitrogens with zero attached hydrogens (tertiary/aromatic N) is 2. The van der Waals surface area contributed by atoms with Crippen LogP contribution < -0.4 is 59.3 Å². The molecule has 0 aromatic heterocycles. The molecule has 1 heterocycles. The summed E-state index contributed by atoms with van der Waals surface area (Å²) in [6.07, 6.45) is -4.07. The predicted molar refractivity (Wildman–Crippen MR) is 346 cm³/mol. The zero-order chi connectivity index (χ0) is 73.3. The number of benzene rings is 1. The number of phenols is 1. The van der Waals surface area contributed by atoms with Crippen LogP contribution in [0.15, 0.2) is 36.4 Å². The van der Waals surface area contributed by atoms with Crippen LogP contribution in [0.25, 0.3) is 0 Å². The van der Waals surface area contributed by atoms with E-state index < -0.39 is 206 Å². The fourth-order valence-electron chi connectivity index (χ4n) is 10.3. The number of carbonyl (C=O) groups is 13. The maximum absolute atomic E-state index is 14.9. The number of carbonyl (C=O) groups excluding carboxylic acids is 13. The van der Waals surface area contributed by atoms with Crippen LogP contribution in [-0.4, -0.2) is 240 Å². The Morgan fingerprint density at radius 2 is 1.31 bits per heavy atom. The number of nitrogens with two attached hydrogens (primary N) is 2. The topological polar surface area (TPSA) is 497 Å². The molecule has 0 radical (unpaired) electrons. The number of rotatable bonds is 28. The summed E-state index contributed by atoms with van der Waals surface area (Å²) in [6.45, 7) is 15.9. The number of amides is 12. The van der Waals surface area contributed by atoms with E-state index in [1.54, 1.807) is 19.9 Å². The molecule has 2 unspecified atom stereocenters. The Morgan fingerprint density at radius 3 is 1.84 bits per heavy atom. The maximum Gasteiger partial charge on any atom is 0.328 e. The second-order valence-corrected chi connectivity index (χ2v) is 25.3. The lowest BCUT2D eigenvalue weighted by Gasteiger charge is -2.36. The van der Waals surface area contributed by atoms with Crippen molar-refractivity contribution in [3.63, 3.8) is 0 Å². The first-order chi connectivity index (χ1) is 44.7. The summed E-state index contributed by atoms with van der Waals surface area (Å²) in [4.78, 5) is 184. The van der Waals surface area contributed by atoms with Crippen molar-refractivity contribution < 1.29 is 97.0 Å². The van der Waals surface area contributed by atoms with Crippen molar-refractivity contribution in [3.8, 4) is 5.75 Å². The summed E-state index contributed by atoms with van der Waals surface area (Å²) in [7, 11) is 4.66. The number of ether oxygens (including phenoxy) is 3. The number of cyclic esters (lactones) is 1. The lowest BCUT2D eigenvalue weighted by Crippen LogP contribution is -2.65. The molecule has 1 aromatic carbocycles. The van der Waals surface area contributed by atoms with Crippen molar-refractivity contribution in [1.82, 2.24) is 57.7 Å². The zero-order valence-corrected chi connectivity index (χ0v) is 57.6. The van der Waals surface area contributed by atoms with Gasteiger partial charge in [0.15, 0.2) is 0 Å². The Hall–Kier alpha value is -8.37. The highest BCUT2D eigenvalue weighted by atomic mass is 16.5. The maximum atomic E-state index is 14.9. The molecule has 1 aliphatic heterocycles. The van der Waals surface area contributed by atoms with Crippen LogP contribution in [0.4, 0.5) is 0 Å². The van der Waals surface area contributed by atoms with Gasteiger partial charge in [-0.05, 0) is 88.8 Å². The van der Waals surface area contributed by atoms with Crippen molar-refractivity contribution in [2.45, 2.75) is 193 Å². The third kappa shape index (κ3) is 26.0. The van der Waals surface area contributed by atoms with Gasteiger partial charge in [0.2, 0.25) is 70.9 Å². The minimum absolute atomic E-state index is 0.0354. The lowest BCUT2D eigenvalue weighted by atomic mass is 9.87. The van der Waals surface area contributed by atoms with Crippen LogP contribution in [0.1, 0.15) is 114 Å². The molecule has 12 amide bonds. The number of esters is 1. The Bertz CT molecular complexity index is 2880. The molecule has 0 spiro atoms. The quantitative estimate of drug-likeness (QED) is 0.0280. The number of aromatic hydroxyl groups is 1. The van der Waals surface area contributed by atoms with E-state index in [1.165, 1.54) is 79.1 Å². The van der Waals surface area contributed by atoms with Gasteiger partial charge in [-0.15, -0.1) is 0 Å². The van der Waals surface area contributed by atoms with E-state index in [2.05, 4.69) is 47.9 Å². The number of aliphatic hydroxyl groups is 3. The highest BCUT2D eigenvalue weighted by molar-refractivity contribution is 5.99. The second kappa shape index (κ2) is 39.6. The molecule has 18 atom stereocenters. The van der Waals surface area contributed by atoms with Gasteiger partial charge >= 0.3 is 5.97 Å². The molecule has 2 rings (SSSR count). The van der Waals surface area contributed by atoms with E-state index in [0.717, 1.165) is 44.2 Å². The molecule has 1 saturated heterocycles. The van der Waals surface area contributed by atoms with Crippen LogP contribution >= 0.6 is 0 Å². The minimum atomic E-state index is -2.11. The highest BCUT2D eigenvalue weighted by Gasteiger charge is 2.44. The van der Waals surface area contributed by atoms with Gasteiger partial charge < -0.3 is 104 Å². The summed E-state index contributed by atoms with van der Waals surface area (Å²) in [5.41, 5.74) is 12.1. The molecule has 0 saturated carbocycles. The van der Waals surface area contributed by atoms with Crippen molar-refractivity contribution in [3.05, 3.63) is 42.0 Å². The van der Waals surface area contributed by atoms with Crippen molar-refractivity contribution in [2.24, 2.45) is 41.1 Å². The Kier molecular flexibility index (Phi) is 34.5. The molecule has 1 fully saturated rings. The summed E-state index contributed by atoms with van der Waals surface area (Å²) >= 11 is 0. The number of hydrogen-bond donors (Lipinski definition) is 15. The van der Waals surface area contributed by atoms with Gasteiger partial charge in [-0.1, -0.05) is 72.8 Å². The van der Waals surface area contributed by atoms with E-state index in [0.29, 0.717) is 5.92 Å². The number of allylic oxidation sites excluding steroid dienone is 1. The zero-order valence-electron chi connectivity index (χ0n) is 57.6. The van der Waals surface area contributed by atoms with E-state index in [1.807, 2.05) is 20.8 Å². The molecule has 33 nitrogen and oxygen atoms in total. The SMILES string of the molecule is COC[C@H]1NC(=O)[C@H](NC(=O)[C@@H](NC(=O)[C@@H](NC(=O)[C@@H](NC(=O)CNC(=O)CC(O)/C=C\C(C)CC(C)C)[C@@H](C)O)[C@H](C)N)[C@@H](C)[C@@H](C)C(N)=O)[C@@H](C)OC(=O)[C@H](C)N(C)C(=O)[C@@H]([C@H](OC)c2ccc(O)cc2)NC(=O)[C@H]([C@@H](C)O)N(C)C(=O)[C@H](CC(C)C)NC(=O)CNC1=O. The molecule has 17 N–H and O–H groups in total. The summed E-state index contributed by atoms with van der Waals surface area (Å²) in [5.74, 6) is -16.5. The predicted octanol–water partition coefficient (Wildman–Crippen LogP) is -4.13. The smallest absolute Gasteiger partial charge is 0.328 e. The van der Waals surface area contributed by atoms with Crippen molar-refractivity contribution in [2.75, 3.05) is 48.0 Å². The van der Waals surface area contributed by atoms with Gasteiger partial charge in [0.05, 0.1) is 44.4 Å². The van der Waals surface area contributed by atoms with Crippen molar-refractivity contribution in [1.29, 1.82) is 0 Å². The van der Waals surface area contributed by atoms with Crippen LogP contribution in [-0.2, 0) is 76.5 Å². The number of methoxy groups -OCH3 is 2. The molecule has 1 aliphatic rings. The third-order valence-electron chi connectivity index (χ3n) is 16.1. The molecule has 96 heavy (non-hydrogen) atoms. The largest absolute Gasteiger partial charge is 0.508 e. The summed E-state index contributed by atoms with van der Waals surface area (Å²) in [5, 5.41) is 63.9. The van der Waals surface area contributed by atoms with E-state index in [4.69, 9.17) is 25.7 Å². The first-order valence-electron chi connectivity index (χ1n) is 31.7. The number of primary amides is 1. The monoisotopic (exact) mass is 1360 g/mol. The number of nitrogens with one attached hydrogen (secondary N) is 9. The molecule has 0 bridgehead atoms. The van der Waals surface area contributed by atoms with E-state index >= 15 is 0 Å². The molecule has 33 heteroatoms. The van der Waals surface area contributed by atoms with Crippen molar-refractivity contribution >= 4 is 76.9 Å². The number of aliphatic hydroxyl groups excluding tert-OH is 3. The Morgan fingerprint density at radius 1 is 0.719 bits per heavy atom. The average molecular weight is 1360 g/mol. The van der Waals surface area contributed by atoms with Crippen LogP contribution in [0.2, 0.25) is 0 Å². The number of phenolic OH excluding ortho intramolecular Hbond substituents is 1. The van der Waals surface area contributed by atoms with Crippen LogP contribution in [0.5, 0.6) is 5.75 Å². The molecule has 540 valence electrons. The van der Waals surface area contributed by atoms with E-state index in [-0.39, 0.29) is 29.6 Å². The average Bonchev–Trinajstić information content (AvgIpc) is 0.818. The first kappa shape index (κ1) is 83.7. The van der Waals surface area contributed by atoms with Gasteiger partial charge in [0, 0.05) is 40.3 Å². The Balaban J connectivity index is 2.77. The van der Waals surface area contributed by atoms with Gasteiger partial charge in [0.25, 0.3) is 0 Å². The standard InChI is InChI=1S/C63H103N13O20/c1-29(2)23-31(5)17-20-41(80)25-44(81)66-26-46(83)70-49(36(10)77)58(88)72-48(34(8)64)57(87)71-47(32(6)33(7)54(65)84)56(86)73-50-38(12)96-63(93)35(9)75(13)62(92)51(53(95-16)39-18-21-40(79)22-19-39)74-60(90)52(37(11)78)76(14)61(91)42(24-30(3)4)68-45(82)27-67-55(85)43(28-94-15)69-59(50)89/h17-22,29-38,41-43,47-53,77-80H,23-28,64H2,1-16H3,(H2,65,84)(H,66,81)(H,67,85)(H,68,82)(H,69,89)(H,70,83)(H,71,87)(H,72,88)(H,73,86)(H,74,90)/b20-17-/t31?,32-,33+,34-,35-,36+,37+,38+,41?,42-,43+,47-,48-,49-,50+,51+,52-,53+/m0/s1. The lowest BCUT2D eigenvalue weighted by molar-refractivity contribution is -0.162. The van der Waals surface area contributed by atoms with Gasteiger partial charge in [0.1, 0.15) is 72.3 Å². The van der Waals surface area contributed by atoms with Crippen LogP contribution in [0.3, 0.4) is 0 Å². The number of likely N-dealkylation sites (N-methyl/N-ethyl adjacent to an activating group) is 2. The van der Waals surface area contributed by atoms with E-state index in [9.17, 15) is 82.8 Å². The third-order valence-corrected chi connectivity index (χ3v) is 16.1. The van der Waals surface area contributed by atoms with Gasteiger partial charge in [-0.2, -0.15) is 0 Å². The minimum Gasteiger partial charge on any atom is -0.508 e. The molecule has 0 aliphatic carbocycles. The van der Waals surface area contributed by atoms with Crippen LogP contribution in [0, 0.1) is 29.6 Å². The van der Waals surface area contributed by atoms with Gasteiger partial charge in [-0.25, -0.2) is 4.79 Å². The summed E-state index contributed by atoms with van der Waals surface area (Å²) < 4.78 is 16.8. The summed E-state index contributed by atoms with van der Waals surface area (Å²) in [6, 6.07) is -12.0. The first-order valence-corrected chi connectivity index (χ1v) is 31.7. The highest BCUT2D eigenvalue weighted by Crippen LogP contribution is 2.26. The molecular formula is C63H103N13O20. The molecule has 1 aromatic rings. The fourth-order valence-corrected chi connectivity index (χ4v) is 10.3. The fraction of sp³-hybridized carbons (Fsp3) is 0.667. The second-order valence-electron chi connectivity index (χ2n) is 25.3. The number of hydrogen-bond acceptors (Lipinski definition) is 21. The van der Waals surface area contributed by atoms with Gasteiger partial charge in [-0.3, -0.25) is 57.5 Å².